The number of hydrogen-bond donors (Lipinski definition) is 2. The summed E-state index contributed by atoms with van der Waals surface area (Å²) in [7, 11) is 1.86. The average Bonchev–Trinajstić information content (AvgIpc) is 3.09. The summed E-state index contributed by atoms with van der Waals surface area (Å²) in [6.07, 6.45) is 0. The van der Waals surface area contributed by atoms with Crippen molar-refractivity contribution < 1.29 is 14.0 Å². The molecule has 24 heavy (non-hydrogen) atoms. The topological polar surface area (TPSA) is 61.4 Å². The minimum absolute atomic E-state index is 0.128. The molecular weight excluding hydrogens is 329 g/mol. The van der Waals surface area contributed by atoms with Gasteiger partial charge in [0.25, 0.3) is 0 Å². The van der Waals surface area contributed by atoms with Gasteiger partial charge in [-0.15, -0.1) is 11.3 Å². The maximum Gasteiger partial charge on any atom is 0.243 e. The number of likely N-dealkylation sites (N-methyl/N-ethyl adjacent to an activating group) is 1. The van der Waals surface area contributed by atoms with Gasteiger partial charge in [-0.05, 0) is 49.7 Å². The summed E-state index contributed by atoms with van der Waals surface area (Å²) in [5.74, 6) is -0.955. The van der Waals surface area contributed by atoms with Crippen molar-refractivity contribution in [3.63, 3.8) is 0 Å². The number of rotatable bonds is 7. The number of carbonyl (C=O) groups is 2. The fourth-order valence-corrected chi connectivity index (χ4v) is 2.93. The van der Waals surface area contributed by atoms with Gasteiger partial charge in [0.05, 0.1) is 13.1 Å². The van der Waals surface area contributed by atoms with Crippen molar-refractivity contribution >= 4 is 28.8 Å². The molecule has 1 heterocycles. The lowest BCUT2D eigenvalue weighted by molar-refractivity contribution is -0.125. The summed E-state index contributed by atoms with van der Waals surface area (Å²) in [4.78, 5) is 26.8. The summed E-state index contributed by atoms with van der Waals surface area (Å²) in [6, 6.07) is 9.58. The Morgan fingerprint density at radius 2 is 1.92 bits per heavy atom. The van der Waals surface area contributed by atoms with Crippen LogP contribution in [0.2, 0.25) is 0 Å². The Labute approximate surface area is 144 Å². The summed E-state index contributed by atoms with van der Waals surface area (Å²) in [6.45, 7) is 2.10. The van der Waals surface area contributed by atoms with Crippen LogP contribution in [-0.4, -0.2) is 36.9 Å². The van der Waals surface area contributed by atoms with Crippen molar-refractivity contribution in [3.05, 3.63) is 52.5 Å². The zero-order valence-electron chi connectivity index (χ0n) is 13.6. The number of nitrogens with zero attached hydrogens (tertiary/aromatic N) is 1. The highest BCUT2D eigenvalue weighted by molar-refractivity contribution is 7.10. The molecule has 0 spiro atoms. The number of anilines is 1. The Balaban J connectivity index is 1.74. The third kappa shape index (κ3) is 5.43. The van der Waals surface area contributed by atoms with Crippen molar-refractivity contribution in [1.82, 2.24) is 10.2 Å². The predicted octanol–water partition coefficient (Wildman–Crippen LogP) is 2.63. The predicted molar refractivity (Wildman–Crippen MR) is 93.4 cm³/mol. The lowest BCUT2D eigenvalue weighted by atomic mass is 10.2. The summed E-state index contributed by atoms with van der Waals surface area (Å²) in [5, 5.41) is 7.17. The second-order valence-corrected chi connectivity index (χ2v) is 6.42. The molecule has 0 aliphatic carbocycles. The molecule has 2 amide bonds. The number of thiophene rings is 1. The highest BCUT2D eigenvalue weighted by Gasteiger charge is 2.16. The number of nitrogens with one attached hydrogen (secondary N) is 2. The van der Waals surface area contributed by atoms with Crippen molar-refractivity contribution in [3.8, 4) is 0 Å². The molecule has 1 aromatic carbocycles. The Morgan fingerprint density at radius 3 is 2.54 bits per heavy atom. The maximum absolute atomic E-state index is 12.8. The number of amides is 2. The van der Waals surface area contributed by atoms with Gasteiger partial charge in [0, 0.05) is 16.6 Å². The molecule has 128 valence electrons. The van der Waals surface area contributed by atoms with E-state index in [-0.39, 0.29) is 36.8 Å². The van der Waals surface area contributed by atoms with Crippen LogP contribution >= 0.6 is 11.3 Å². The van der Waals surface area contributed by atoms with Crippen LogP contribution in [0.25, 0.3) is 0 Å². The fraction of sp³-hybridized carbons (Fsp3) is 0.294. The van der Waals surface area contributed by atoms with Gasteiger partial charge in [-0.25, -0.2) is 4.39 Å². The van der Waals surface area contributed by atoms with Crippen LogP contribution in [0, 0.1) is 5.82 Å². The molecule has 1 aromatic heterocycles. The quantitative estimate of drug-likeness (QED) is 0.808. The van der Waals surface area contributed by atoms with Crippen LogP contribution in [0.4, 0.5) is 10.1 Å². The summed E-state index contributed by atoms with van der Waals surface area (Å²) >= 11 is 1.64. The van der Waals surface area contributed by atoms with Gasteiger partial charge >= 0.3 is 0 Å². The van der Waals surface area contributed by atoms with Crippen molar-refractivity contribution in [2.75, 3.05) is 25.5 Å². The van der Waals surface area contributed by atoms with E-state index in [1.807, 2.05) is 36.4 Å². The Bertz CT molecular complexity index is 674. The number of carbonyl (C=O) groups excluding carboxylic acids is 2. The summed E-state index contributed by atoms with van der Waals surface area (Å²) in [5.41, 5.74) is 0.485. The maximum atomic E-state index is 12.8. The minimum Gasteiger partial charge on any atom is -0.346 e. The van der Waals surface area contributed by atoms with E-state index in [2.05, 4.69) is 10.6 Å². The Kier molecular flexibility index (Phi) is 6.45. The van der Waals surface area contributed by atoms with Gasteiger partial charge in [-0.1, -0.05) is 6.07 Å². The zero-order chi connectivity index (χ0) is 17.5. The molecule has 0 saturated carbocycles. The molecule has 1 atom stereocenters. The largest absolute Gasteiger partial charge is 0.346 e. The second-order valence-electron chi connectivity index (χ2n) is 5.44. The number of halogens is 1. The minimum atomic E-state index is -0.371. The lowest BCUT2D eigenvalue weighted by Crippen LogP contribution is -2.39. The smallest absolute Gasteiger partial charge is 0.243 e. The highest BCUT2D eigenvalue weighted by Crippen LogP contribution is 2.22. The molecule has 0 fully saturated rings. The third-order valence-electron chi connectivity index (χ3n) is 3.58. The first-order chi connectivity index (χ1) is 11.5. The van der Waals surface area contributed by atoms with E-state index in [1.165, 1.54) is 29.1 Å². The first-order valence-corrected chi connectivity index (χ1v) is 8.39. The lowest BCUT2D eigenvalue weighted by Gasteiger charge is -2.23. The normalized spacial score (nSPS) is 12.0. The first kappa shape index (κ1) is 18.1. The molecule has 5 nitrogen and oxygen atoms in total. The van der Waals surface area contributed by atoms with E-state index in [0.29, 0.717) is 5.69 Å². The molecule has 0 radical (unpaired) electrons. The van der Waals surface area contributed by atoms with E-state index < -0.39 is 0 Å². The van der Waals surface area contributed by atoms with E-state index >= 15 is 0 Å². The number of hydrogen-bond acceptors (Lipinski definition) is 4. The molecule has 0 bridgehead atoms. The Morgan fingerprint density at radius 1 is 1.21 bits per heavy atom. The third-order valence-corrected chi connectivity index (χ3v) is 4.63. The number of benzene rings is 1. The van der Waals surface area contributed by atoms with Crippen LogP contribution < -0.4 is 10.6 Å². The van der Waals surface area contributed by atoms with Crippen LogP contribution in [0.3, 0.4) is 0 Å². The van der Waals surface area contributed by atoms with E-state index in [0.717, 1.165) is 0 Å². The summed E-state index contributed by atoms with van der Waals surface area (Å²) < 4.78 is 12.8. The monoisotopic (exact) mass is 349 g/mol. The van der Waals surface area contributed by atoms with Crippen LogP contribution in [-0.2, 0) is 9.59 Å². The van der Waals surface area contributed by atoms with E-state index in [9.17, 15) is 14.0 Å². The average molecular weight is 349 g/mol. The van der Waals surface area contributed by atoms with Gasteiger partial charge in [-0.3, -0.25) is 14.5 Å². The van der Waals surface area contributed by atoms with E-state index in [4.69, 9.17) is 0 Å². The molecule has 1 unspecified atom stereocenters. The van der Waals surface area contributed by atoms with Gasteiger partial charge < -0.3 is 10.6 Å². The van der Waals surface area contributed by atoms with Crippen LogP contribution in [0.1, 0.15) is 17.8 Å². The molecule has 0 aliphatic heterocycles. The molecule has 7 heteroatoms. The molecule has 2 N–H and O–H groups in total. The van der Waals surface area contributed by atoms with Crippen molar-refractivity contribution in [2.45, 2.75) is 13.0 Å². The van der Waals surface area contributed by atoms with Gasteiger partial charge in [0.1, 0.15) is 5.82 Å². The Hall–Kier alpha value is -2.25. The molecule has 2 rings (SSSR count). The first-order valence-electron chi connectivity index (χ1n) is 7.51. The van der Waals surface area contributed by atoms with Gasteiger partial charge in [-0.2, -0.15) is 0 Å². The SMILES string of the molecule is CC(c1cccs1)N(C)CC(=O)NCC(=O)Nc1ccc(F)cc1. The van der Waals surface area contributed by atoms with Crippen molar-refractivity contribution in [1.29, 1.82) is 0 Å². The zero-order valence-corrected chi connectivity index (χ0v) is 14.4. The van der Waals surface area contributed by atoms with Crippen LogP contribution in [0.15, 0.2) is 41.8 Å². The standard InChI is InChI=1S/C17H20FN3O2S/c1-12(15-4-3-9-24-15)21(2)11-17(23)19-10-16(22)20-14-7-5-13(18)6-8-14/h3-9,12H,10-11H2,1-2H3,(H,19,23)(H,20,22). The van der Waals surface area contributed by atoms with Gasteiger partial charge in [0.15, 0.2) is 0 Å². The van der Waals surface area contributed by atoms with Crippen LogP contribution in [0.5, 0.6) is 0 Å². The van der Waals surface area contributed by atoms with E-state index in [1.54, 1.807) is 11.3 Å². The molecule has 0 aliphatic rings. The second kappa shape index (κ2) is 8.56. The highest BCUT2D eigenvalue weighted by atomic mass is 32.1. The van der Waals surface area contributed by atoms with Crippen molar-refractivity contribution in [2.24, 2.45) is 0 Å². The van der Waals surface area contributed by atoms with Gasteiger partial charge in [0.2, 0.25) is 11.8 Å². The molecule has 0 saturated heterocycles. The molecular formula is C17H20FN3O2S. The fourth-order valence-electron chi connectivity index (χ4n) is 2.08. The molecule has 2 aromatic rings.